The zero-order valence-electron chi connectivity index (χ0n) is 13.8. The number of carbonyl (C=O) groups is 2. The van der Waals surface area contributed by atoms with Crippen molar-refractivity contribution in [1.82, 2.24) is 10.6 Å². The van der Waals surface area contributed by atoms with Crippen molar-refractivity contribution in [3.63, 3.8) is 0 Å². The van der Waals surface area contributed by atoms with E-state index in [0.717, 1.165) is 0 Å². The van der Waals surface area contributed by atoms with Crippen LogP contribution in [-0.4, -0.2) is 45.4 Å². The first-order valence-corrected chi connectivity index (χ1v) is 7.89. The fraction of sp³-hybridized carbons (Fsp3) is 0.222. The van der Waals surface area contributed by atoms with Crippen molar-refractivity contribution >= 4 is 11.8 Å². The number of aliphatic hydroxyl groups is 1. The minimum absolute atomic E-state index is 0.167. The van der Waals surface area contributed by atoms with Crippen molar-refractivity contribution in [2.75, 3.05) is 13.2 Å². The number of aromatic hydroxyl groups is 3. The minimum Gasteiger partial charge on any atom is -0.504 e. The molecule has 0 saturated heterocycles. The molecule has 0 saturated carbocycles. The molecule has 0 spiro atoms. The monoisotopic (exact) mass is 360 g/mol. The molecule has 2 rings (SSSR count). The number of hydrogen-bond donors (Lipinski definition) is 6. The van der Waals surface area contributed by atoms with Gasteiger partial charge in [0.05, 0.1) is 0 Å². The van der Waals surface area contributed by atoms with Crippen LogP contribution in [0.1, 0.15) is 17.2 Å². The lowest BCUT2D eigenvalue weighted by Gasteiger charge is -2.18. The maximum Gasteiger partial charge on any atom is 0.247 e. The smallest absolute Gasteiger partial charge is 0.247 e. The molecule has 6 N–H and O–H groups in total. The van der Waals surface area contributed by atoms with Crippen LogP contribution in [0.3, 0.4) is 0 Å². The minimum atomic E-state index is -0.961. The molecule has 0 aliphatic heterocycles. The zero-order chi connectivity index (χ0) is 19.1. The summed E-state index contributed by atoms with van der Waals surface area (Å²) in [5, 5.41) is 42.3. The lowest BCUT2D eigenvalue weighted by molar-refractivity contribution is -0.130. The highest BCUT2D eigenvalue weighted by Gasteiger charge is 2.22. The number of phenols is 3. The van der Waals surface area contributed by atoms with Gasteiger partial charge in [-0.2, -0.15) is 0 Å². The Morgan fingerprint density at radius 3 is 2.19 bits per heavy atom. The Morgan fingerprint density at radius 1 is 1.00 bits per heavy atom. The molecule has 0 aliphatic rings. The van der Waals surface area contributed by atoms with Gasteiger partial charge in [0.1, 0.15) is 12.6 Å². The first-order chi connectivity index (χ1) is 12.4. The van der Waals surface area contributed by atoms with Crippen LogP contribution in [0.25, 0.3) is 0 Å². The fourth-order valence-electron chi connectivity index (χ4n) is 2.39. The van der Waals surface area contributed by atoms with Gasteiger partial charge in [-0.15, -0.1) is 0 Å². The number of carbonyl (C=O) groups excluding carboxylic acids is 2. The Bertz CT molecular complexity index is 756. The molecule has 8 nitrogen and oxygen atoms in total. The molecular weight excluding hydrogens is 340 g/mol. The van der Waals surface area contributed by atoms with Gasteiger partial charge in [0, 0.05) is 6.54 Å². The summed E-state index contributed by atoms with van der Waals surface area (Å²) in [6.07, 6.45) is 0.280. The van der Waals surface area contributed by atoms with E-state index in [9.17, 15) is 24.9 Å². The summed E-state index contributed by atoms with van der Waals surface area (Å²) in [6, 6.07) is 10.2. The standard InChI is InChI=1S/C18H20N2O6/c21-10-15(24)20-16(12-4-2-1-3-5-12)18(26)19-7-6-11-8-13(22)17(25)14(23)9-11/h1-5,8-9,16,21-23,25H,6-7,10H2,(H,19,26)(H,20,24). The van der Waals surface area contributed by atoms with E-state index in [0.29, 0.717) is 11.1 Å². The summed E-state index contributed by atoms with van der Waals surface area (Å²) < 4.78 is 0. The van der Waals surface area contributed by atoms with Crippen molar-refractivity contribution in [3.05, 3.63) is 53.6 Å². The van der Waals surface area contributed by atoms with Gasteiger partial charge in [0.15, 0.2) is 17.2 Å². The lowest BCUT2D eigenvalue weighted by atomic mass is 10.1. The molecule has 1 unspecified atom stereocenters. The SMILES string of the molecule is O=C(CO)NC(C(=O)NCCc1cc(O)c(O)c(O)c1)c1ccccc1. The lowest BCUT2D eigenvalue weighted by Crippen LogP contribution is -2.41. The Morgan fingerprint density at radius 2 is 1.62 bits per heavy atom. The van der Waals surface area contributed by atoms with E-state index in [1.54, 1.807) is 30.3 Å². The molecule has 2 aromatic carbocycles. The largest absolute Gasteiger partial charge is 0.504 e. The number of nitrogens with one attached hydrogen (secondary N) is 2. The molecule has 0 aromatic heterocycles. The Kier molecular flexibility index (Phi) is 6.40. The number of rotatable bonds is 7. The molecule has 1 atom stereocenters. The van der Waals surface area contributed by atoms with Gasteiger partial charge >= 0.3 is 0 Å². The van der Waals surface area contributed by atoms with Crippen LogP contribution in [-0.2, 0) is 16.0 Å². The summed E-state index contributed by atoms with van der Waals surface area (Å²) >= 11 is 0. The Labute approximate surface area is 149 Å². The van der Waals surface area contributed by atoms with Crippen molar-refractivity contribution in [1.29, 1.82) is 0 Å². The quantitative estimate of drug-likeness (QED) is 0.393. The van der Waals surface area contributed by atoms with Gasteiger partial charge in [-0.3, -0.25) is 9.59 Å². The molecule has 2 aromatic rings. The zero-order valence-corrected chi connectivity index (χ0v) is 13.8. The third kappa shape index (κ3) is 4.87. The first-order valence-electron chi connectivity index (χ1n) is 7.89. The van der Waals surface area contributed by atoms with Crippen molar-refractivity contribution in [2.24, 2.45) is 0 Å². The summed E-state index contributed by atoms with van der Waals surface area (Å²) in [6.45, 7) is -0.566. The predicted octanol–water partition coefficient (Wildman–Crippen LogP) is 0.312. The van der Waals surface area contributed by atoms with Crippen LogP contribution < -0.4 is 10.6 Å². The molecule has 138 valence electrons. The van der Waals surface area contributed by atoms with E-state index < -0.39 is 41.7 Å². The topological polar surface area (TPSA) is 139 Å². The highest BCUT2D eigenvalue weighted by atomic mass is 16.3. The van der Waals surface area contributed by atoms with E-state index >= 15 is 0 Å². The molecule has 0 aliphatic carbocycles. The summed E-state index contributed by atoms with van der Waals surface area (Å²) in [7, 11) is 0. The molecule has 0 radical (unpaired) electrons. The second-order valence-electron chi connectivity index (χ2n) is 5.59. The summed E-state index contributed by atoms with van der Waals surface area (Å²) in [5.74, 6) is -2.66. The number of aliphatic hydroxyl groups excluding tert-OH is 1. The van der Waals surface area contributed by atoms with Crippen LogP contribution in [0, 0.1) is 0 Å². The van der Waals surface area contributed by atoms with Gasteiger partial charge < -0.3 is 31.1 Å². The molecule has 0 heterocycles. The van der Waals surface area contributed by atoms with Crippen molar-refractivity contribution < 1.29 is 30.0 Å². The number of amides is 2. The second-order valence-corrected chi connectivity index (χ2v) is 5.59. The molecule has 0 fully saturated rings. The highest BCUT2D eigenvalue weighted by molar-refractivity contribution is 5.88. The van der Waals surface area contributed by atoms with Crippen molar-refractivity contribution in [2.45, 2.75) is 12.5 Å². The van der Waals surface area contributed by atoms with Gasteiger partial charge in [-0.05, 0) is 29.7 Å². The molecule has 8 heteroatoms. The fourth-order valence-corrected chi connectivity index (χ4v) is 2.39. The van der Waals surface area contributed by atoms with Crippen LogP contribution in [0.15, 0.2) is 42.5 Å². The third-order valence-corrected chi connectivity index (χ3v) is 3.69. The molecule has 0 bridgehead atoms. The number of phenolic OH excluding ortho intramolecular Hbond substituents is 3. The van der Waals surface area contributed by atoms with Gasteiger partial charge in [-0.1, -0.05) is 30.3 Å². The molecule has 26 heavy (non-hydrogen) atoms. The normalized spacial score (nSPS) is 11.6. The van der Waals surface area contributed by atoms with Crippen molar-refractivity contribution in [3.8, 4) is 17.2 Å². The Hall–Kier alpha value is -3.26. The van der Waals surface area contributed by atoms with Crippen LogP contribution in [0.5, 0.6) is 17.2 Å². The van der Waals surface area contributed by atoms with Crippen LogP contribution in [0.4, 0.5) is 0 Å². The third-order valence-electron chi connectivity index (χ3n) is 3.69. The molecule has 2 amide bonds. The average molecular weight is 360 g/mol. The number of hydrogen-bond acceptors (Lipinski definition) is 6. The van der Waals surface area contributed by atoms with E-state index in [4.69, 9.17) is 5.11 Å². The van der Waals surface area contributed by atoms with E-state index in [1.807, 2.05) is 0 Å². The average Bonchev–Trinajstić information content (AvgIpc) is 2.64. The van der Waals surface area contributed by atoms with E-state index in [1.165, 1.54) is 12.1 Å². The Balaban J connectivity index is 2.02. The molecular formula is C18H20N2O6. The van der Waals surface area contributed by atoms with Crippen LogP contribution >= 0.6 is 0 Å². The number of benzene rings is 2. The van der Waals surface area contributed by atoms with Gasteiger partial charge in [0.2, 0.25) is 11.8 Å². The maximum atomic E-state index is 12.4. The van der Waals surface area contributed by atoms with E-state index in [-0.39, 0.29) is 13.0 Å². The summed E-state index contributed by atoms with van der Waals surface area (Å²) in [4.78, 5) is 23.9. The van der Waals surface area contributed by atoms with E-state index in [2.05, 4.69) is 10.6 Å². The summed E-state index contributed by atoms with van der Waals surface area (Å²) in [5.41, 5.74) is 1.07. The predicted molar refractivity (Wildman–Crippen MR) is 92.6 cm³/mol. The second kappa shape index (κ2) is 8.72. The first kappa shape index (κ1) is 19.1. The maximum absolute atomic E-state index is 12.4. The van der Waals surface area contributed by atoms with Crippen LogP contribution in [0.2, 0.25) is 0 Å². The highest BCUT2D eigenvalue weighted by Crippen LogP contribution is 2.35. The van der Waals surface area contributed by atoms with Gasteiger partial charge in [-0.25, -0.2) is 0 Å². The van der Waals surface area contributed by atoms with Gasteiger partial charge in [0.25, 0.3) is 0 Å².